The van der Waals surface area contributed by atoms with E-state index >= 15 is 0 Å². The zero-order valence-electron chi connectivity index (χ0n) is 9.88. The summed E-state index contributed by atoms with van der Waals surface area (Å²) in [4.78, 5) is 9.07. The molecule has 3 heteroatoms. The molecular formula is C14H13N3. The van der Waals surface area contributed by atoms with Crippen LogP contribution in [0.4, 0.5) is 0 Å². The predicted molar refractivity (Wildman–Crippen MR) is 68.7 cm³/mol. The van der Waals surface area contributed by atoms with E-state index in [0.29, 0.717) is 0 Å². The van der Waals surface area contributed by atoms with Gasteiger partial charge < -0.3 is 4.57 Å². The summed E-state index contributed by atoms with van der Waals surface area (Å²) in [6, 6.07) is 12.2. The molecule has 0 amide bonds. The van der Waals surface area contributed by atoms with Crippen LogP contribution in [0.2, 0.25) is 0 Å². The Labute approximate surface area is 99.8 Å². The van der Waals surface area contributed by atoms with Crippen molar-refractivity contribution in [3.8, 4) is 11.4 Å². The zero-order valence-corrected chi connectivity index (χ0v) is 9.88. The van der Waals surface area contributed by atoms with Crippen LogP contribution in [-0.4, -0.2) is 14.5 Å². The fourth-order valence-electron chi connectivity index (χ4n) is 2.02. The summed E-state index contributed by atoms with van der Waals surface area (Å²) in [7, 11) is 2.00. The summed E-state index contributed by atoms with van der Waals surface area (Å²) in [6.07, 6.45) is 1.87. The van der Waals surface area contributed by atoms with Crippen molar-refractivity contribution >= 4 is 11.2 Å². The van der Waals surface area contributed by atoms with Gasteiger partial charge in [-0.25, -0.2) is 9.97 Å². The molecule has 3 aromatic rings. The van der Waals surface area contributed by atoms with E-state index in [-0.39, 0.29) is 0 Å². The molecule has 3 rings (SSSR count). The van der Waals surface area contributed by atoms with Crippen LogP contribution < -0.4 is 0 Å². The standard InChI is InChI=1S/C14H13N3/c1-10-8-12-14(15-9-10)17(2)13(16-12)11-6-4-3-5-7-11/h3-9H,1-2H3. The Bertz CT molecular complexity index is 669. The maximum Gasteiger partial charge on any atom is 0.160 e. The fraction of sp³-hybridized carbons (Fsp3) is 0.143. The molecule has 3 nitrogen and oxygen atoms in total. The molecule has 1 aromatic carbocycles. The Hall–Kier alpha value is -2.16. The molecule has 0 spiro atoms. The monoisotopic (exact) mass is 223 g/mol. The molecule has 0 aliphatic heterocycles. The molecule has 2 aromatic heterocycles. The number of aryl methyl sites for hydroxylation is 2. The van der Waals surface area contributed by atoms with Gasteiger partial charge in [-0.15, -0.1) is 0 Å². The zero-order chi connectivity index (χ0) is 11.8. The molecule has 2 heterocycles. The van der Waals surface area contributed by atoms with Gasteiger partial charge in [-0.2, -0.15) is 0 Å². The molecule has 0 radical (unpaired) electrons. The first-order valence-corrected chi connectivity index (χ1v) is 5.60. The van der Waals surface area contributed by atoms with E-state index in [1.54, 1.807) is 0 Å². The SMILES string of the molecule is Cc1cnc2c(c1)nc(-c1ccccc1)n2C. The highest BCUT2D eigenvalue weighted by molar-refractivity contribution is 5.77. The van der Waals surface area contributed by atoms with Gasteiger partial charge in [0.1, 0.15) is 11.3 Å². The second kappa shape index (κ2) is 3.70. The highest BCUT2D eigenvalue weighted by atomic mass is 15.1. The number of pyridine rings is 1. The van der Waals surface area contributed by atoms with Crippen molar-refractivity contribution in [1.82, 2.24) is 14.5 Å². The highest BCUT2D eigenvalue weighted by Crippen LogP contribution is 2.22. The lowest BCUT2D eigenvalue weighted by Gasteiger charge is -2.00. The lowest BCUT2D eigenvalue weighted by Crippen LogP contribution is -1.93. The van der Waals surface area contributed by atoms with Gasteiger partial charge in [-0.05, 0) is 18.6 Å². The first kappa shape index (κ1) is 10.0. The maximum absolute atomic E-state index is 4.64. The smallest absolute Gasteiger partial charge is 0.160 e. The van der Waals surface area contributed by atoms with E-state index in [1.807, 2.05) is 42.9 Å². The summed E-state index contributed by atoms with van der Waals surface area (Å²) in [5.41, 5.74) is 4.13. The van der Waals surface area contributed by atoms with Gasteiger partial charge in [0.25, 0.3) is 0 Å². The lowest BCUT2D eigenvalue weighted by molar-refractivity contribution is 0.941. The van der Waals surface area contributed by atoms with Crippen molar-refractivity contribution < 1.29 is 0 Å². The molecular weight excluding hydrogens is 210 g/mol. The van der Waals surface area contributed by atoms with E-state index in [0.717, 1.165) is 28.1 Å². The first-order valence-electron chi connectivity index (χ1n) is 5.60. The lowest BCUT2D eigenvalue weighted by atomic mass is 10.2. The summed E-state index contributed by atoms with van der Waals surface area (Å²) in [5.74, 6) is 0.957. The van der Waals surface area contributed by atoms with Gasteiger partial charge >= 0.3 is 0 Å². The highest BCUT2D eigenvalue weighted by Gasteiger charge is 2.09. The van der Waals surface area contributed by atoms with Gasteiger partial charge in [-0.1, -0.05) is 30.3 Å². The number of benzene rings is 1. The second-order valence-corrected chi connectivity index (χ2v) is 4.22. The topological polar surface area (TPSA) is 30.7 Å². The normalized spacial score (nSPS) is 10.9. The van der Waals surface area contributed by atoms with Crippen LogP contribution in [0.25, 0.3) is 22.6 Å². The summed E-state index contributed by atoms with van der Waals surface area (Å²) in [6.45, 7) is 2.03. The quantitative estimate of drug-likeness (QED) is 0.635. The van der Waals surface area contributed by atoms with E-state index in [9.17, 15) is 0 Å². The number of nitrogens with zero attached hydrogens (tertiary/aromatic N) is 3. The van der Waals surface area contributed by atoms with Crippen LogP contribution in [0.3, 0.4) is 0 Å². The van der Waals surface area contributed by atoms with E-state index in [2.05, 4.69) is 28.2 Å². The van der Waals surface area contributed by atoms with Gasteiger partial charge in [0.15, 0.2) is 5.65 Å². The number of rotatable bonds is 1. The largest absolute Gasteiger partial charge is 0.312 e. The Kier molecular flexibility index (Phi) is 2.18. The maximum atomic E-state index is 4.64. The Morgan fingerprint density at radius 1 is 1.12 bits per heavy atom. The molecule has 0 aliphatic carbocycles. The number of fused-ring (bicyclic) bond motifs is 1. The van der Waals surface area contributed by atoms with E-state index in [4.69, 9.17) is 0 Å². The van der Waals surface area contributed by atoms with Crippen LogP contribution >= 0.6 is 0 Å². The Morgan fingerprint density at radius 2 is 1.88 bits per heavy atom. The number of aromatic nitrogens is 3. The minimum atomic E-state index is 0.925. The first-order chi connectivity index (χ1) is 8.25. The third-order valence-electron chi connectivity index (χ3n) is 2.88. The molecule has 0 fully saturated rings. The van der Waals surface area contributed by atoms with Crippen LogP contribution in [0.5, 0.6) is 0 Å². The van der Waals surface area contributed by atoms with E-state index < -0.39 is 0 Å². The molecule has 84 valence electrons. The average Bonchev–Trinajstić information content (AvgIpc) is 2.67. The number of hydrogen-bond acceptors (Lipinski definition) is 2. The Balaban J connectivity index is 2.28. The van der Waals surface area contributed by atoms with Crippen molar-refractivity contribution in [2.75, 3.05) is 0 Å². The molecule has 0 N–H and O–H groups in total. The molecule has 0 unspecified atom stereocenters. The molecule has 0 bridgehead atoms. The fourth-order valence-corrected chi connectivity index (χ4v) is 2.02. The second-order valence-electron chi connectivity index (χ2n) is 4.22. The van der Waals surface area contributed by atoms with Crippen LogP contribution in [0.1, 0.15) is 5.56 Å². The summed E-state index contributed by atoms with van der Waals surface area (Å²) >= 11 is 0. The Morgan fingerprint density at radius 3 is 2.65 bits per heavy atom. The number of hydrogen-bond donors (Lipinski definition) is 0. The third kappa shape index (κ3) is 1.60. The number of imidazole rings is 1. The summed E-state index contributed by atoms with van der Waals surface area (Å²) in [5, 5.41) is 0. The molecule has 0 aliphatic rings. The predicted octanol–water partition coefficient (Wildman–Crippen LogP) is 2.94. The van der Waals surface area contributed by atoms with Gasteiger partial charge in [-0.3, -0.25) is 0 Å². The van der Waals surface area contributed by atoms with Crippen molar-refractivity contribution in [1.29, 1.82) is 0 Å². The van der Waals surface area contributed by atoms with Crippen molar-refractivity contribution in [3.63, 3.8) is 0 Å². The minimum absolute atomic E-state index is 0.925. The van der Waals surface area contributed by atoms with Gasteiger partial charge in [0.05, 0.1) is 0 Å². The molecule has 0 atom stereocenters. The third-order valence-corrected chi connectivity index (χ3v) is 2.88. The molecule has 0 saturated heterocycles. The average molecular weight is 223 g/mol. The van der Waals surface area contributed by atoms with Crippen LogP contribution in [0, 0.1) is 6.92 Å². The van der Waals surface area contributed by atoms with Crippen molar-refractivity contribution in [2.45, 2.75) is 6.92 Å². The summed E-state index contributed by atoms with van der Waals surface area (Å²) < 4.78 is 2.03. The van der Waals surface area contributed by atoms with Gasteiger partial charge in [0, 0.05) is 18.8 Å². The van der Waals surface area contributed by atoms with Crippen molar-refractivity contribution in [2.24, 2.45) is 7.05 Å². The minimum Gasteiger partial charge on any atom is -0.312 e. The molecule has 17 heavy (non-hydrogen) atoms. The molecule has 0 saturated carbocycles. The van der Waals surface area contributed by atoms with Crippen LogP contribution in [-0.2, 0) is 7.05 Å². The van der Waals surface area contributed by atoms with Crippen LogP contribution in [0.15, 0.2) is 42.6 Å². The van der Waals surface area contributed by atoms with Gasteiger partial charge in [0.2, 0.25) is 0 Å². The van der Waals surface area contributed by atoms with E-state index in [1.165, 1.54) is 0 Å². The van der Waals surface area contributed by atoms with Crippen molar-refractivity contribution in [3.05, 3.63) is 48.2 Å².